The van der Waals surface area contributed by atoms with Crippen LogP contribution in [0.5, 0.6) is 5.75 Å². The first-order chi connectivity index (χ1) is 14.9. The van der Waals surface area contributed by atoms with Crippen LogP contribution in [0.1, 0.15) is 22.3 Å². The number of amides is 2. The first-order valence-electron chi connectivity index (χ1n) is 9.46. The quantitative estimate of drug-likeness (QED) is 0.480. The summed E-state index contributed by atoms with van der Waals surface area (Å²) in [5, 5.41) is 10.4. The minimum atomic E-state index is -0.519. The number of phenolic OH excluding ortho intramolecular Hbond substituents is 1. The summed E-state index contributed by atoms with van der Waals surface area (Å²) in [5.41, 5.74) is 2.50. The molecule has 31 heavy (non-hydrogen) atoms. The second kappa shape index (κ2) is 8.96. The molecule has 1 heterocycles. The van der Waals surface area contributed by atoms with E-state index in [1.807, 2.05) is 24.3 Å². The highest BCUT2D eigenvalue weighted by Crippen LogP contribution is 2.35. The molecular formula is C24H17ClFNO3S. The summed E-state index contributed by atoms with van der Waals surface area (Å²) >= 11 is 7.00. The maximum absolute atomic E-state index is 13.9. The smallest absolute Gasteiger partial charge is 0.293 e. The predicted molar refractivity (Wildman–Crippen MR) is 120 cm³/mol. The molecule has 0 atom stereocenters. The lowest BCUT2D eigenvalue weighted by molar-refractivity contribution is -0.123. The number of rotatable bonds is 5. The van der Waals surface area contributed by atoms with E-state index < -0.39 is 17.0 Å². The normalized spacial score (nSPS) is 15.2. The molecule has 1 fully saturated rings. The van der Waals surface area contributed by atoms with Gasteiger partial charge in [0.15, 0.2) is 0 Å². The van der Waals surface area contributed by atoms with Gasteiger partial charge in [0.2, 0.25) is 0 Å². The number of imide groups is 1. The van der Waals surface area contributed by atoms with Crippen molar-refractivity contribution in [3.63, 3.8) is 0 Å². The van der Waals surface area contributed by atoms with E-state index in [-0.39, 0.29) is 22.8 Å². The van der Waals surface area contributed by atoms with Crippen molar-refractivity contribution in [2.24, 2.45) is 0 Å². The number of halogens is 2. The lowest BCUT2D eigenvalue weighted by atomic mass is 10.0. The Kier molecular flexibility index (Phi) is 6.11. The summed E-state index contributed by atoms with van der Waals surface area (Å²) in [7, 11) is 0. The first kappa shape index (κ1) is 21.2. The number of phenols is 1. The van der Waals surface area contributed by atoms with Gasteiger partial charge < -0.3 is 5.11 Å². The Labute approximate surface area is 188 Å². The van der Waals surface area contributed by atoms with Crippen LogP contribution in [0.25, 0.3) is 6.08 Å². The van der Waals surface area contributed by atoms with Crippen LogP contribution >= 0.6 is 23.4 Å². The molecule has 0 aliphatic carbocycles. The van der Waals surface area contributed by atoms with E-state index in [0.717, 1.165) is 27.8 Å². The third-order valence-corrected chi connectivity index (χ3v) is 6.17. The van der Waals surface area contributed by atoms with Gasteiger partial charge in [-0.25, -0.2) is 4.39 Å². The van der Waals surface area contributed by atoms with Crippen LogP contribution in [-0.2, 0) is 17.8 Å². The van der Waals surface area contributed by atoms with Crippen LogP contribution in [0.15, 0.2) is 71.6 Å². The molecule has 3 aromatic carbocycles. The third-order valence-electron chi connectivity index (χ3n) is 4.89. The second-order valence-corrected chi connectivity index (χ2v) is 8.42. The fourth-order valence-electron chi connectivity index (χ4n) is 3.27. The van der Waals surface area contributed by atoms with Gasteiger partial charge in [0, 0.05) is 16.1 Å². The number of hydrogen-bond acceptors (Lipinski definition) is 4. The monoisotopic (exact) mass is 453 g/mol. The Hall–Kier alpha value is -3.09. The van der Waals surface area contributed by atoms with Crippen LogP contribution < -0.4 is 0 Å². The number of carbonyl (C=O) groups excluding carboxylic acids is 2. The van der Waals surface area contributed by atoms with Gasteiger partial charge in [-0.15, -0.1) is 0 Å². The van der Waals surface area contributed by atoms with Crippen molar-refractivity contribution in [2.45, 2.75) is 13.0 Å². The van der Waals surface area contributed by atoms with E-state index in [2.05, 4.69) is 0 Å². The highest BCUT2D eigenvalue weighted by Gasteiger charge is 2.35. The van der Waals surface area contributed by atoms with E-state index in [0.29, 0.717) is 17.0 Å². The van der Waals surface area contributed by atoms with E-state index >= 15 is 0 Å². The minimum absolute atomic E-state index is 0.0104. The zero-order chi connectivity index (χ0) is 22.0. The number of aromatic hydroxyl groups is 1. The molecule has 1 saturated heterocycles. The van der Waals surface area contributed by atoms with Crippen molar-refractivity contribution in [1.82, 2.24) is 4.90 Å². The van der Waals surface area contributed by atoms with Crippen molar-refractivity contribution < 1.29 is 19.1 Å². The Morgan fingerprint density at radius 3 is 2.45 bits per heavy atom. The average molecular weight is 454 g/mol. The van der Waals surface area contributed by atoms with Crippen LogP contribution in [0.3, 0.4) is 0 Å². The van der Waals surface area contributed by atoms with Crippen molar-refractivity contribution in [3.05, 3.63) is 105 Å². The van der Waals surface area contributed by atoms with E-state index in [1.54, 1.807) is 30.3 Å². The fraction of sp³-hybridized carbons (Fsp3) is 0.0833. The first-order valence-corrected chi connectivity index (χ1v) is 10.7. The molecule has 0 saturated carbocycles. The average Bonchev–Trinajstić information content (AvgIpc) is 3.01. The standard InChI is InChI=1S/C24H17ClFNO3S/c25-19-7-3-1-5-16(19)11-15-9-10-21(28)18(12-15)13-22-23(29)27(24(30)31-22)14-17-6-2-4-8-20(17)26/h1-10,12-13,28H,11,14H2/b22-13-. The molecule has 7 heteroatoms. The van der Waals surface area contributed by atoms with Crippen LogP contribution in [0.4, 0.5) is 9.18 Å². The summed E-state index contributed by atoms with van der Waals surface area (Å²) in [6, 6.07) is 18.6. The maximum atomic E-state index is 13.9. The van der Waals surface area contributed by atoms with Gasteiger partial charge in [-0.05, 0) is 59.7 Å². The topological polar surface area (TPSA) is 57.6 Å². The fourth-order valence-corrected chi connectivity index (χ4v) is 4.30. The second-order valence-electron chi connectivity index (χ2n) is 7.02. The molecule has 2 amide bonds. The van der Waals surface area contributed by atoms with Crippen molar-refractivity contribution in [1.29, 1.82) is 0 Å². The molecule has 4 nitrogen and oxygen atoms in total. The molecule has 4 rings (SSSR count). The number of nitrogens with zero attached hydrogens (tertiary/aromatic N) is 1. The van der Waals surface area contributed by atoms with E-state index in [9.17, 15) is 19.1 Å². The molecule has 156 valence electrons. The summed E-state index contributed by atoms with van der Waals surface area (Å²) in [6.07, 6.45) is 2.03. The Balaban J connectivity index is 1.58. The van der Waals surface area contributed by atoms with Crippen LogP contribution in [-0.4, -0.2) is 21.2 Å². The summed E-state index contributed by atoms with van der Waals surface area (Å²) in [5.74, 6) is -1.01. The number of benzene rings is 3. The molecule has 0 bridgehead atoms. The molecule has 0 radical (unpaired) electrons. The van der Waals surface area contributed by atoms with Gasteiger partial charge in [-0.2, -0.15) is 0 Å². The molecule has 1 aliphatic rings. The molecule has 0 spiro atoms. The Morgan fingerprint density at radius 1 is 1.00 bits per heavy atom. The van der Waals surface area contributed by atoms with E-state index in [1.165, 1.54) is 18.2 Å². The summed E-state index contributed by atoms with van der Waals surface area (Å²) in [6.45, 7) is -0.146. The molecule has 1 N–H and O–H groups in total. The van der Waals surface area contributed by atoms with Crippen molar-refractivity contribution >= 4 is 40.6 Å². The van der Waals surface area contributed by atoms with Crippen molar-refractivity contribution in [2.75, 3.05) is 0 Å². The number of carbonyl (C=O) groups is 2. The van der Waals surface area contributed by atoms with Crippen LogP contribution in [0, 0.1) is 5.82 Å². The molecule has 1 aliphatic heterocycles. The molecule has 0 aromatic heterocycles. The van der Waals surface area contributed by atoms with Gasteiger partial charge in [0.05, 0.1) is 11.4 Å². The molecule has 0 unspecified atom stereocenters. The van der Waals surface area contributed by atoms with Crippen LogP contribution in [0.2, 0.25) is 5.02 Å². The maximum Gasteiger partial charge on any atom is 0.293 e. The highest BCUT2D eigenvalue weighted by atomic mass is 35.5. The third kappa shape index (κ3) is 4.65. The largest absolute Gasteiger partial charge is 0.507 e. The number of thioether (sulfide) groups is 1. The lowest BCUT2D eigenvalue weighted by Crippen LogP contribution is -2.27. The Bertz CT molecular complexity index is 1210. The lowest BCUT2D eigenvalue weighted by Gasteiger charge is -2.12. The summed E-state index contributed by atoms with van der Waals surface area (Å²) in [4.78, 5) is 26.3. The minimum Gasteiger partial charge on any atom is -0.507 e. The van der Waals surface area contributed by atoms with Gasteiger partial charge in [-0.1, -0.05) is 54.1 Å². The van der Waals surface area contributed by atoms with Gasteiger partial charge in [-0.3, -0.25) is 14.5 Å². The van der Waals surface area contributed by atoms with Gasteiger partial charge >= 0.3 is 0 Å². The van der Waals surface area contributed by atoms with Gasteiger partial charge in [0.25, 0.3) is 11.1 Å². The highest BCUT2D eigenvalue weighted by molar-refractivity contribution is 8.18. The number of hydrogen-bond donors (Lipinski definition) is 1. The predicted octanol–water partition coefficient (Wildman–Crippen LogP) is 6.01. The zero-order valence-electron chi connectivity index (χ0n) is 16.2. The van der Waals surface area contributed by atoms with Gasteiger partial charge in [0.1, 0.15) is 11.6 Å². The SMILES string of the molecule is O=C1S/C(=C\c2cc(Cc3ccccc3Cl)ccc2O)C(=O)N1Cc1ccccc1F. The van der Waals surface area contributed by atoms with Crippen molar-refractivity contribution in [3.8, 4) is 5.75 Å². The summed E-state index contributed by atoms with van der Waals surface area (Å²) < 4.78 is 13.9. The molecule has 3 aromatic rings. The zero-order valence-corrected chi connectivity index (χ0v) is 17.8. The van der Waals surface area contributed by atoms with E-state index in [4.69, 9.17) is 11.6 Å². The molecular weight excluding hydrogens is 437 g/mol. The Morgan fingerprint density at radius 2 is 1.71 bits per heavy atom.